The van der Waals surface area contributed by atoms with Gasteiger partial charge in [-0.3, -0.25) is 10.1 Å². The third-order valence-corrected chi connectivity index (χ3v) is 5.09. The topological polar surface area (TPSA) is 87.4 Å². The predicted molar refractivity (Wildman–Crippen MR) is 125 cm³/mol. The van der Waals surface area contributed by atoms with Crippen LogP contribution in [0, 0.1) is 20.8 Å². The minimum atomic E-state index is -0.294. The molecular weight excluding hydrogens is 410 g/mol. The molecule has 0 radical (unpaired) electrons. The van der Waals surface area contributed by atoms with Gasteiger partial charge in [0.25, 0.3) is 5.91 Å². The van der Waals surface area contributed by atoms with Crippen molar-refractivity contribution in [1.29, 1.82) is 0 Å². The molecule has 0 unspecified atom stereocenters. The van der Waals surface area contributed by atoms with E-state index in [0.717, 1.165) is 22.2 Å². The summed E-state index contributed by atoms with van der Waals surface area (Å²) in [6.45, 7) is 5.82. The van der Waals surface area contributed by atoms with E-state index < -0.39 is 0 Å². The van der Waals surface area contributed by atoms with Crippen molar-refractivity contribution < 1.29 is 14.3 Å². The van der Waals surface area contributed by atoms with Crippen LogP contribution in [0.2, 0.25) is 0 Å². The molecule has 1 heterocycles. The monoisotopic (exact) mass is 431 g/mol. The van der Waals surface area contributed by atoms with Crippen molar-refractivity contribution in [3.05, 3.63) is 76.9 Å². The molecule has 3 N–H and O–H groups in total. The summed E-state index contributed by atoms with van der Waals surface area (Å²) in [5.41, 5.74) is 5.94. The number of carbonyl (C=O) groups is 1. The molecule has 4 aromatic rings. The van der Waals surface area contributed by atoms with Crippen molar-refractivity contribution in [2.45, 2.75) is 20.8 Å². The number of benzene rings is 3. The lowest BCUT2D eigenvalue weighted by atomic mass is 10.1. The third kappa shape index (κ3) is 4.41. The Morgan fingerprint density at radius 3 is 2.48 bits per heavy atom. The Bertz CT molecular complexity index is 1330. The Morgan fingerprint density at radius 2 is 1.74 bits per heavy atom. The van der Waals surface area contributed by atoms with Crippen LogP contribution in [0.1, 0.15) is 27.0 Å². The SMILES string of the molecule is Cc1ccc(C(=O)NC(=S)Nc2ccc(-c3nc4ccc(C)cc4o3)c(O)c2)c(C)c1. The fourth-order valence-corrected chi connectivity index (χ4v) is 3.55. The minimum Gasteiger partial charge on any atom is -0.507 e. The summed E-state index contributed by atoms with van der Waals surface area (Å²) in [6.07, 6.45) is 0. The molecule has 4 rings (SSSR count). The lowest BCUT2D eigenvalue weighted by Gasteiger charge is -2.12. The van der Waals surface area contributed by atoms with Crippen molar-refractivity contribution in [3.8, 4) is 17.2 Å². The first-order chi connectivity index (χ1) is 14.8. The summed E-state index contributed by atoms with van der Waals surface area (Å²) in [7, 11) is 0. The first-order valence-electron chi connectivity index (χ1n) is 9.70. The van der Waals surface area contributed by atoms with Gasteiger partial charge in [-0.2, -0.15) is 0 Å². The third-order valence-electron chi connectivity index (χ3n) is 4.88. The predicted octanol–water partition coefficient (Wildman–Crippen LogP) is 5.25. The summed E-state index contributed by atoms with van der Waals surface area (Å²) in [5.74, 6) is 0.0183. The van der Waals surface area contributed by atoms with Crippen molar-refractivity contribution in [2.75, 3.05) is 5.32 Å². The standard InChI is InChI=1S/C24H21N3O3S/c1-13-4-7-17(15(3)10-13)22(29)27-24(31)25-16-6-8-18(20(28)12-16)23-26-19-9-5-14(2)11-21(19)30-23/h4-12,28H,1-3H3,(H2,25,27,29,31). The molecule has 0 fully saturated rings. The lowest BCUT2D eigenvalue weighted by molar-refractivity contribution is 0.0977. The molecule has 1 amide bonds. The number of nitrogens with zero attached hydrogens (tertiary/aromatic N) is 1. The zero-order valence-electron chi connectivity index (χ0n) is 17.3. The van der Waals surface area contributed by atoms with Gasteiger partial charge in [0, 0.05) is 17.3 Å². The number of fused-ring (bicyclic) bond motifs is 1. The average Bonchev–Trinajstić information content (AvgIpc) is 3.10. The zero-order valence-corrected chi connectivity index (χ0v) is 18.1. The quantitative estimate of drug-likeness (QED) is 0.384. The van der Waals surface area contributed by atoms with Crippen LogP contribution in [0.3, 0.4) is 0 Å². The molecule has 0 aliphatic carbocycles. The molecule has 0 atom stereocenters. The number of aromatic nitrogens is 1. The summed E-state index contributed by atoms with van der Waals surface area (Å²) < 4.78 is 5.78. The first-order valence-corrected chi connectivity index (χ1v) is 10.1. The van der Waals surface area contributed by atoms with Gasteiger partial charge >= 0.3 is 0 Å². The minimum absolute atomic E-state index is 0.0169. The van der Waals surface area contributed by atoms with Crippen molar-refractivity contribution in [1.82, 2.24) is 10.3 Å². The maximum Gasteiger partial charge on any atom is 0.257 e. The van der Waals surface area contributed by atoms with Gasteiger partial charge < -0.3 is 14.8 Å². The van der Waals surface area contributed by atoms with Crippen molar-refractivity contribution >= 4 is 40.0 Å². The van der Waals surface area contributed by atoms with Crippen LogP contribution in [-0.2, 0) is 0 Å². The second-order valence-electron chi connectivity index (χ2n) is 7.45. The normalized spacial score (nSPS) is 10.8. The Hall–Kier alpha value is -3.71. The van der Waals surface area contributed by atoms with Gasteiger partial charge in [-0.05, 0) is 74.4 Å². The van der Waals surface area contributed by atoms with Crippen LogP contribution in [0.4, 0.5) is 5.69 Å². The number of phenols is 1. The summed E-state index contributed by atoms with van der Waals surface area (Å²) >= 11 is 5.25. The summed E-state index contributed by atoms with van der Waals surface area (Å²) in [6, 6.07) is 16.2. The number of hydrogen-bond donors (Lipinski definition) is 3. The molecule has 0 saturated carbocycles. The highest BCUT2D eigenvalue weighted by Gasteiger charge is 2.14. The van der Waals surface area contributed by atoms with Gasteiger partial charge in [0.15, 0.2) is 10.7 Å². The molecule has 7 heteroatoms. The Morgan fingerprint density at radius 1 is 1.00 bits per heavy atom. The van der Waals surface area contributed by atoms with Crippen LogP contribution in [-0.4, -0.2) is 21.1 Å². The molecular formula is C24H21N3O3S. The number of rotatable bonds is 3. The van der Waals surface area contributed by atoms with Gasteiger partial charge in [0.2, 0.25) is 5.89 Å². The van der Waals surface area contributed by atoms with Gasteiger partial charge in [0.1, 0.15) is 11.3 Å². The van der Waals surface area contributed by atoms with Gasteiger partial charge in [-0.1, -0.05) is 23.8 Å². The van der Waals surface area contributed by atoms with E-state index in [2.05, 4.69) is 15.6 Å². The summed E-state index contributed by atoms with van der Waals surface area (Å²) in [5, 5.41) is 16.2. The number of oxazole rings is 1. The number of anilines is 1. The number of hydrogen-bond acceptors (Lipinski definition) is 5. The van der Waals surface area contributed by atoms with E-state index in [1.165, 1.54) is 6.07 Å². The average molecular weight is 432 g/mol. The number of aryl methyl sites for hydroxylation is 3. The van der Waals surface area contributed by atoms with Crippen LogP contribution in [0.5, 0.6) is 5.75 Å². The van der Waals surface area contributed by atoms with Crippen LogP contribution in [0.15, 0.2) is 59.0 Å². The smallest absolute Gasteiger partial charge is 0.257 e. The Labute approximate surface area is 184 Å². The second kappa shape index (κ2) is 8.20. The Balaban J connectivity index is 1.48. The van der Waals surface area contributed by atoms with Crippen molar-refractivity contribution in [2.24, 2.45) is 0 Å². The van der Waals surface area contributed by atoms with Crippen LogP contribution < -0.4 is 10.6 Å². The fraction of sp³-hybridized carbons (Fsp3) is 0.125. The molecule has 0 aliphatic heterocycles. The molecule has 0 spiro atoms. The molecule has 156 valence electrons. The van der Waals surface area contributed by atoms with E-state index in [0.29, 0.717) is 28.3 Å². The molecule has 0 saturated heterocycles. The largest absolute Gasteiger partial charge is 0.507 e. The number of aromatic hydroxyl groups is 1. The first kappa shape index (κ1) is 20.6. The second-order valence-corrected chi connectivity index (χ2v) is 7.86. The summed E-state index contributed by atoms with van der Waals surface area (Å²) in [4.78, 5) is 16.9. The number of carbonyl (C=O) groups excluding carboxylic acids is 1. The highest BCUT2D eigenvalue weighted by molar-refractivity contribution is 7.80. The number of thiocarbonyl (C=S) groups is 1. The number of phenolic OH excluding ortho intramolecular Hbond substituents is 1. The number of nitrogens with one attached hydrogen (secondary N) is 2. The van der Waals surface area contributed by atoms with Gasteiger partial charge in [-0.25, -0.2) is 4.98 Å². The van der Waals surface area contributed by atoms with Crippen LogP contribution in [0.25, 0.3) is 22.6 Å². The maximum absolute atomic E-state index is 12.5. The van der Waals surface area contributed by atoms with E-state index in [-0.39, 0.29) is 16.8 Å². The highest BCUT2D eigenvalue weighted by atomic mass is 32.1. The van der Waals surface area contributed by atoms with E-state index in [1.807, 2.05) is 51.1 Å². The zero-order chi connectivity index (χ0) is 22.1. The van der Waals surface area contributed by atoms with E-state index >= 15 is 0 Å². The highest BCUT2D eigenvalue weighted by Crippen LogP contribution is 2.33. The molecule has 1 aromatic heterocycles. The molecule has 6 nitrogen and oxygen atoms in total. The fourth-order valence-electron chi connectivity index (χ4n) is 3.34. The van der Waals surface area contributed by atoms with E-state index in [4.69, 9.17) is 16.6 Å². The van der Waals surface area contributed by atoms with Gasteiger partial charge in [0.05, 0.1) is 5.56 Å². The van der Waals surface area contributed by atoms with Crippen molar-refractivity contribution in [3.63, 3.8) is 0 Å². The molecule has 31 heavy (non-hydrogen) atoms. The van der Waals surface area contributed by atoms with E-state index in [1.54, 1.807) is 18.2 Å². The number of amides is 1. The molecule has 0 aliphatic rings. The van der Waals surface area contributed by atoms with E-state index in [9.17, 15) is 9.90 Å². The lowest BCUT2D eigenvalue weighted by Crippen LogP contribution is -2.34. The van der Waals surface area contributed by atoms with Crippen LogP contribution >= 0.6 is 12.2 Å². The molecule has 0 bridgehead atoms. The molecule has 3 aromatic carbocycles. The maximum atomic E-state index is 12.5. The van der Waals surface area contributed by atoms with Gasteiger partial charge in [-0.15, -0.1) is 0 Å². The Kier molecular flexibility index (Phi) is 5.44.